The van der Waals surface area contributed by atoms with Gasteiger partial charge in [-0.2, -0.15) is 0 Å². The molecule has 1 saturated heterocycles. The molecule has 0 aromatic heterocycles. The molecule has 1 atom stereocenters. The van der Waals surface area contributed by atoms with Gasteiger partial charge in [-0.3, -0.25) is 4.90 Å². The summed E-state index contributed by atoms with van der Waals surface area (Å²) in [4.78, 5) is 2.26. The molecule has 16 heavy (non-hydrogen) atoms. The summed E-state index contributed by atoms with van der Waals surface area (Å²) in [6, 6.07) is 4.93. The van der Waals surface area contributed by atoms with Crippen molar-refractivity contribution in [2.75, 3.05) is 26.2 Å². The SMILES string of the molecule is CC(c1c(O)cccc1O)N1CCNCC1. The van der Waals surface area contributed by atoms with Crippen LogP contribution >= 0.6 is 0 Å². The van der Waals surface area contributed by atoms with Crippen LogP contribution in [0.1, 0.15) is 18.5 Å². The molecule has 1 aromatic rings. The lowest BCUT2D eigenvalue weighted by molar-refractivity contribution is 0.180. The van der Waals surface area contributed by atoms with Crippen molar-refractivity contribution in [1.82, 2.24) is 10.2 Å². The maximum atomic E-state index is 9.79. The van der Waals surface area contributed by atoms with Crippen LogP contribution in [0.2, 0.25) is 0 Å². The van der Waals surface area contributed by atoms with Crippen molar-refractivity contribution in [3.63, 3.8) is 0 Å². The first kappa shape index (κ1) is 11.2. The van der Waals surface area contributed by atoms with E-state index in [9.17, 15) is 10.2 Å². The lowest BCUT2D eigenvalue weighted by Gasteiger charge is -2.33. The van der Waals surface area contributed by atoms with Crippen LogP contribution in [-0.2, 0) is 0 Å². The average Bonchev–Trinajstić information content (AvgIpc) is 2.30. The number of nitrogens with one attached hydrogen (secondary N) is 1. The van der Waals surface area contributed by atoms with Gasteiger partial charge in [0.15, 0.2) is 0 Å². The molecule has 2 rings (SSSR count). The predicted molar refractivity (Wildman–Crippen MR) is 62.6 cm³/mol. The smallest absolute Gasteiger partial charge is 0.124 e. The van der Waals surface area contributed by atoms with Crippen molar-refractivity contribution < 1.29 is 10.2 Å². The van der Waals surface area contributed by atoms with E-state index in [-0.39, 0.29) is 17.5 Å². The number of piperazine rings is 1. The van der Waals surface area contributed by atoms with Crippen molar-refractivity contribution in [2.45, 2.75) is 13.0 Å². The van der Waals surface area contributed by atoms with Gasteiger partial charge in [-0.05, 0) is 19.1 Å². The monoisotopic (exact) mass is 222 g/mol. The summed E-state index contributed by atoms with van der Waals surface area (Å²) >= 11 is 0. The number of phenolic OH excluding ortho intramolecular Hbond substituents is 2. The molecule has 1 unspecified atom stereocenters. The molecule has 3 N–H and O–H groups in total. The van der Waals surface area contributed by atoms with Gasteiger partial charge in [0, 0.05) is 32.2 Å². The van der Waals surface area contributed by atoms with Gasteiger partial charge in [0.2, 0.25) is 0 Å². The second-order valence-corrected chi connectivity index (χ2v) is 4.17. The highest BCUT2D eigenvalue weighted by Gasteiger charge is 2.22. The molecule has 0 radical (unpaired) electrons. The molecule has 4 heteroatoms. The van der Waals surface area contributed by atoms with Crippen molar-refractivity contribution in [3.05, 3.63) is 23.8 Å². The highest BCUT2D eigenvalue weighted by molar-refractivity contribution is 5.45. The first-order valence-corrected chi connectivity index (χ1v) is 5.66. The molecule has 1 heterocycles. The molecule has 0 spiro atoms. The van der Waals surface area contributed by atoms with E-state index in [4.69, 9.17) is 0 Å². The van der Waals surface area contributed by atoms with E-state index in [0.717, 1.165) is 26.2 Å². The molecule has 1 fully saturated rings. The minimum atomic E-state index is 0.0447. The molecule has 1 aliphatic heterocycles. The van der Waals surface area contributed by atoms with Crippen molar-refractivity contribution >= 4 is 0 Å². The number of phenols is 2. The minimum Gasteiger partial charge on any atom is -0.507 e. The van der Waals surface area contributed by atoms with Crippen LogP contribution in [0.25, 0.3) is 0 Å². The van der Waals surface area contributed by atoms with Gasteiger partial charge < -0.3 is 15.5 Å². The summed E-state index contributed by atoms with van der Waals surface area (Å²) in [5, 5.41) is 22.9. The Morgan fingerprint density at radius 3 is 2.31 bits per heavy atom. The Hall–Kier alpha value is -1.26. The van der Waals surface area contributed by atoms with Gasteiger partial charge in [0.1, 0.15) is 11.5 Å². The summed E-state index contributed by atoms with van der Waals surface area (Å²) in [6.07, 6.45) is 0. The Bertz CT molecular complexity index is 342. The van der Waals surface area contributed by atoms with Gasteiger partial charge >= 0.3 is 0 Å². The fourth-order valence-electron chi connectivity index (χ4n) is 2.22. The lowest BCUT2D eigenvalue weighted by Crippen LogP contribution is -2.44. The topological polar surface area (TPSA) is 55.7 Å². The predicted octanol–water partition coefficient (Wildman–Crippen LogP) is 1.06. The van der Waals surface area contributed by atoms with Crippen LogP contribution in [-0.4, -0.2) is 41.3 Å². The Kier molecular flexibility index (Phi) is 3.31. The van der Waals surface area contributed by atoms with Gasteiger partial charge in [-0.15, -0.1) is 0 Å². The molecule has 1 aromatic carbocycles. The minimum absolute atomic E-state index is 0.0447. The second kappa shape index (κ2) is 4.72. The van der Waals surface area contributed by atoms with Crippen LogP contribution < -0.4 is 5.32 Å². The first-order valence-electron chi connectivity index (χ1n) is 5.66. The zero-order chi connectivity index (χ0) is 11.5. The van der Waals surface area contributed by atoms with Crippen molar-refractivity contribution in [2.24, 2.45) is 0 Å². The van der Waals surface area contributed by atoms with E-state index >= 15 is 0 Å². The standard InChI is InChI=1S/C12H18N2O2/c1-9(14-7-5-13-6-8-14)12-10(15)3-2-4-11(12)16/h2-4,9,13,15-16H,5-8H2,1H3. The van der Waals surface area contributed by atoms with E-state index in [1.807, 2.05) is 6.92 Å². The molecule has 0 bridgehead atoms. The first-order chi connectivity index (χ1) is 7.70. The highest BCUT2D eigenvalue weighted by atomic mass is 16.3. The zero-order valence-electron chi connectivity index (χ0n) is 9.48. The molecule has 4 nitrogen and oxygen atoms in total. The van der Waals surface area contributed by atoms with Crippen LogP contribution in [0.15, 0.2) is 18.2 Å². The molecule has 0 saturated carbocycles. The summed E-state index contributed by atoms with van der Waals surface area (Å²) in [5.74, 6) is 0.345. The number of hydrogen-bond acceptors (Lipinski definition) is 4. The lowest BCUT2D eigenvalue weighted by atomic mass is 10.0. The van der Waals surface area contributed by atoms with Gasteiger partial charge in [-0.1, -0.05) is 6.07 Å². The molecule has 0 aliphatic carbocycles. The average molecular weight is 222 g/mol. The van der Waals surface area contributed by atoms with E-state index in [1.165, 1.54) is 0 Å². The molecular weight excluding hydrogens is 204 g/mol. The van der Waals surface area contributed by atoms with E-state index in [2.05, 4.69) is 10.2 Å². The fraction of sp³-hybridized carbons (Fsp3) is 0.500. The second-order valence-electron chi connectivity index (χ2n) is 4.17. The fourth-order valence-corrected chi connectivity index (χ4v) is 2.22. The third-order valence-corrected chi connectivity index (χ3v) is 3.18. The Labute approximate surface area is 95.5 Å². The summed E-state index contributed by atoms with van der Waals surface area (Å²) in [5.41, 5.74) is 0.629. The molecular formula is C12H18N2O2. The molecule has 0 amide bonds. The zero-order valence-corrected chi connectivity index (χ0v) is 9.48. The Balaban J connectivity index is 2.22. The summed E-state index contributed by atoms with van der Waals surface area (Å²) in [6.45, 7) is 5.81. The van der Waals surface area contributed by atoms with E-state index < -0.39 is 0 Å². The number of benzene rings is 1. The number of nitrogens with zero attached hydrogens (tertiary/aromatic N) is 1. The van der Waals surface area contributed by atoms with Crippen LogP contribution in [0.3, 0.4) is 0 Å². The van der Waals surface area contributed by atoms with E-state index in [1.54, 1.807) is 18.2 Å². The third kappa shape index (κ3) is 2.13. The van der Waals surface area contributed by atoms with Crippen molar-refractivity contribution in [3.8, 4) is 11.5 Å². The summed E-state index contributed by atoms with van der Waals surface area (Å²) in [7, 11) is 0. The van der Waals surface area contributed by atoms with Crippen LogP contribution in [0, 0.1) is 0 Å². The number of aromatic hydroxyl groups is 2. The van der Waals surface area contributed by atoms with Gasteiger partial charge in [0.05, 0.1) is 5.56 Å². The Morgan fingerprint density at radius 2 is 1.75 bits per heavy atom. The van der Waals surface area contributed by atoms with Gasteiger partial charge in [-0.25, -0.2) is 0 Å². The summed E-state index contributed by atoms with van der Waals surface area (Å²) < 4.78 is 0. The molecule has 88 valence electrons. The van der Waals surface area contributed by atoms with Crippen LogP contribution in [0.4, 0.5) is 0 Å². The van der Waals surface area contributed by atoms with Crippen LogP contribution in [0.5, 0.6) is 11.5 Å². The quantitative estimate of drug-likeness (QED) is 0.700. The third-order valence-electron chi connectivity index (χ3n) is 3.18. The maximum Gasteiger partial charge on any atom is 0.124 e. The van der Waals surface area contributed by atoms with Crippen molar-refractivity contribution in [1.29, 1.82) is 0 Å². The van der Waals surface area contributed by atoms with E-state index in [0.29, 0.717) is 5.56 Å². The Morgan fingerprint density at radius 1 is 1.19 bits per heavy atom. The number of rotatable bonds is 2. The highest BCUT2D eigenvalue weighted by Crippen LogP contribution is 2.35. The van der Waals surface area contributed by atoms with Gasteiger partial charge in [0.25, 0.3) is 0 Å². The normalized spacial score (nSPS) is 19.6. The molecule has 1 aliphatic rings. The number of hydrogen-bond donors (Lipinski definition) is 3. The maximum absolute atomic E-state index is 9.79. The largest absolute Gasteiger partial charge is 0.507 e.